The molecular weight excluding hydrogens is 240 g/mol. The molecule has 1 aliphatic rings. The molecule has 1 aliphatic heterocycles. The summed E-state index contributed by atoms with van der Waals surface area (Å²) in [4.78, 5) is 10.8. The Bertz CT molecular complexity index is 402. The molecule has 106 valence electrons. The van der Waals surface area contributed by atoms with Crippen LogP contribution in [0.4, 0.5) is 11.8 Å². The predicted molar refractivity (Wildman–Crippen MR) is 77.7 cm³/mol. The first kappa shape index (κ1) is 14.1. The Labute approximate surface area is 115 Å². The third kappa shape index (κ3) is 4.06. The van der Waals surface area contributed by atoms with Gasteiger partial charge >= 0.3 is 0 Å². The molecule has 0 bridgehead atoms. The Hall–Kier alpha value is -1.36. The third-order valence-corrected chi connectivity index (χ3v) is 3.46. The quantitative estimate of drug-likeness (QED) is 0.797. The minimum Gasteiger partial charge on any atom is -0.381 e. The number of aromatic nitrogens is 2. The molecular formula is C14H24N4O. The van der Waals surface area contributed by atoms with Gasteiger partial charge in [0.05, 0.1) is 0 Å². The van der Waals surface area contributed by atoms with Crippen LogP contribution in [0.3, 0.4) is 0 Å². The molecule has 0 amide bonds. The average Bonchev–Trinajstić information content (AvgIpc) is 2.89. The van der Waals surface area contributed by atoms with Crippen molar-refractivity contribution in [1.82, 2.24) is 9.97 Å². The zero-order chi connectivity index (χ0) is 13.7. The van der Waals surface area contributed by atoms with E-state index in [1.54, 1.807) is 0 Å². The van der Waals surface area contributed by atoms with Gasteiger partial charge in [0.15, 0.2) is 0 Å². The largest absolute Gasteiger partial charge is 0.381 e. The Morgan fingerprint density at radius 2 is 2.32 bits per heavy atom. The molecule has 0 aromatic carbocycles. The topological polar surface area (TPSA) is 50.3 Å². The predicted octanol–water partition coefficient (Wildman–Crippen LogP) is 2.08. The maximum absolute atomic E-state index is 5.38. The molecule has 0 aliphatic carbocycles. The Kier molecular flexibility index (Phi) is 4.96. The molecule has 1 aromatic rings. The van der Waals surface area contributed by atoms with Gasteiger partial charge in [0.1, 0.15) is 5.82 Å². The highest BCUT2D eigenvalue weighted by Gasteiger charge is 2.14. The van der Waals surface area contributed by atoms with Crippen molar-refractivity contribution in [2.45, 2.75) is 26.2 Å². The minimum atomic E-state index is 0.719. The number of nitrogens with zero attached hydrogens (tertiary/aromatic N) is 3. The van der Waals surface area contributed by atoms with Crippen LogP contribution >= 0.6 is 0 Å². The summed E-state index contributed by atoms with van der Waals surface area (Å²) in [5.74, 6) is 2.44. The molecule has 5 nitrogen and oxygen atoms in total. The zero-order valence-corrected chi connectivity index (χ0v) is 12.1. The summed E-state index contributed by atoms with van der Waals surface area (Å²) < 4.78 is 5.38. The van der Waals surface area contributed by atoms with Crippen molar-refractivity contribution in [1.29, 1.82) is 0 Å². The summed E-state index contributed by atoms with van der Waals surface area (Å²) in [6.45, 7) is 4.82. The summed E-state index contributed by atoms with van der Waals surface area (Å²) in [6.07, 6.45) is 5.45. The first-order valence-electron chi connectivity index (χ1n) is 6.99. The van der Waals surface area contributed by atoms with E-state index < -0.39 is 0 Å². The molecule has 0 saturated carbocycles. The van der Waals surface area contributed by atoms with Gasteiger partial charge < -0.3 is 15.0 Å². The van der Waals surface area contributed by atoms with Crippen molar-refractivity contribution in [3.63, 3.8) is 0 Å². The van der Waals surface area contributed by atoms with E-state index in [2.05, 4.69) is 15.3 Å². The van der Waals surface area contributed by atoms with E-state index in [1.165, 1.54) is 12.8 Å². The Morgan fingerprint density at radius 1 is 1.47 bits per heavy atom. The van der Waals surface area contributed by atoms with Crippen molar-refractivity contribution in [3.8, 4) is 0 Å². The van der Waals surface area contributed by atoms with Crippen LogP contribution in [0.15, 0.2) is 6.20 Å². The second-order valence-electron chi connectivity index (χ2n) is 5.39. The highest BCUT2D eigenvalue weighted by Crippen LogP contribution is 2.18. The van der Waals surface area contributed by atoms with E-state index >= 15 is 0 Å². The first-order chi connectivity index (χ1) is 9.16. The lowest BCUT2D eigenvalue weighted by Crippen LogP contribution is -2.15. The molecule has 1 saturated heterocycles. The molecule has 1 aromatic heterocycles. The number of anilines is 2. The van der Waals surface area contributed by atoms with Gasteiger partial charge in [0.2, 0.25) is 5.95 Å². The van der Waals surface area contributed by atoms with Crippen LogP contribution in [0.2, 0.25) is 0 Å². The fraction of sp³-hybridized carbons (Fsp3) is 0.714. The van der Waals surface area contributed by atoms with Crippen LogP contribution < -0.4 is 10.2 Å². The minimum absolute atomic E-state index is 0.719. The van der Waals surface area contributed by atoms with Crippen molar-refractivity contribution in [2.75, 3.05) is 44.1 Å². The lowest BCUT2D eigenvalue weighted by molar-refractivity contribution is 0.184. The van der Waals surface area contributed by atoms with Crippen molar-refractivity contribution in [3.05, 3.63) is 11.8 Å². The number of hydrogen-bond acceptors (Lipinski definition) is 5. The lowest BCUT2D eigenvalue weighted by Gasteiger charge is -2.15. The van der Waals surface area contributed by atoms with Gasteiger partial charge in [-0.1, -0.05) is 0 Å². The van der Waals surface area contributed by atoms with E-state index in [9.17, 15) is 0 Å². The molecule has 19 heavy (non-hydrogen) atoms. The van der Waals surface area contributed by atoms with Crippen LogP contribution in [0.5, 0.6) is 0 Å². The number of nitrogens with one attached hydrogen (secondary N) is 1. The van der Waals surface area contributed by atoms with Gasteiger partial charge in [-0.05, 0) is 32.1 Å². The molecule has 0 spiro atoms. The van der Waals surface area contributed by atoms with Crippen LogP contribution in [-0.4, -0.2) is 43.8 Å². The number of aryl methyl sites for hydroxylation is 1. The summed E-state index contributed by atoms with van der Waals surface area (Å²) in [7, 11) is 4.00. The third-order valence-electron chi connectivity index (χ3n) is 3.46. The monoisotopic (exact) mass is 264 g/mol. The van der Waals surface area contributed by atoms with Gasteiger partial charge in [0.25, 0.3) is 0 Å². The normalized spacial score (nSPS) is 18.6. The van der Waals surface area contributed by atoms with Crippen molar-refractivity contribution < 1.29 is 4.74 Å². The maximum Gasteiger partial charge on any atom is 0.224 e. The maximum atomic E-state index is 5.38. The molecule has 2 rings (SSSR count). The van der Waals surface area contributed by atoms with E-state index in [0.717, 1.165) is 49.4 Å². The summed E-state index contributed by atoms with van der Waals surface area (Å²) in [6, 6.07) is 0. The highest BCUT2D eigenvalue weighted by molar-refractivity contribution is 5.47. The van der Waals surface area contributed by atoms with Gasteiger partial charge in [-0.15, -0.1) is 0 Å². The fourth-order valence-electron chi connectivity index (χ4n) is 2.37. The molecule has 1 fully saturated rings. The zero-order valence-electron chi connectivity index (χ0n) is 12.1. The van der Waals surface area contributed by atoms with E-state index in [-0.39, 0.29) is 0 Å². The van der Waals surface area contributed by atoms with Crippen LogP contribution in [0.1, 0.15) is 24.8 Å². The van der Waals surface area contributed by atoms with Crippen molar-refractivity contribution >= 4 is 11.8 Å². The summed E-state index contributed by atoms with van der Waals surface area (Å²) >= 11 is 0. The molecule has 1 atom stereocenters. The molecule has 1 N–H and O–H groups in total. The fourth-order valence-corrected chi connectivity index (χ4v) is 2.37. The van der Waals surface area contributed by atoms with E-state index in [1.807, 2.05) is 32.1 Å². The molecule has 5 heteroatoms. The van der Waals surface area contributed by atoms with Gasteiger partial charge in [-0.25, -0.2) is 4.98 Å². The van der Waals surface area contributed by atoms with Crippen LogP contribution in [0, 0.1) is 12.8 Å². The second-order valence-corrected chi connectivity index (χ2v) is 5.39. The second kappa shape index (κ2) is 6.70. The Morgan fingerprint density at radius 3 is 3.00 bits per heavy atom. The molecule has 2 heterocycles. The number of rotatable bonds is 6. The lowest BCUT2D eigenvalue weighted by atomic mass is 10.0. The SMILES string of the molecule is Cc1cnc(NCCC[C@@H]2CCOC2)nc1N(C)C. The van der Waals surface area contributed by atoms with Gasteiger partial charge in [0, 0.05) is 45.6 Å². The molecule has 0 unspecified atom stereocenters. The molecule has 0 radical (unpaired) electrons. The Balaban J connectivity index is 1.77. The number of hydrogen-bond donors (Lipinski definition) is 1. The summed E-state index contributed by atoms with van der Waals surface area (Å²) in [5.41, 5.74) is 1.10. The average molecular weight is 264 g/mol. The van der Waals surface area contributed by atoms with Crippen LogP contribution in [-0.2, 0) is 4.74 Å². The summed E-state index contributed by atoms with van der Waals surface area (Å²) in [5, 5.41) is 3.30. The standard InChI is InChI=1S/C14H24N4O/c1-11-9-16-14(17-13(11)18(2)3)15-7-4-5-12-6-8-19-10-12/h9,12H,4-8,10H2,1-3H3,(H,15,16,17)/t12-/m1/s1. The van der Waals surface area contributed by atoms with E-state index in [4.69, 9.17) is 4.74 Å². The van der Waals surface area contributed by atoms with Crippen LogP contribution in [0.25, 0.3) is 0 Å². The smallest absolute Gasteiger partial charge is 0.224 e. The van der Waals surface area contributed by atoms with Gasteiger partial charge in [-0.3, -0.25) is 0 Å². The van der Waals surface area contributed by atoms with Crippen molar-refractivity contribution in [2.24, 2.45) is 5.92 Å². The highest BCUT2D eigenvalue weighted by atomic mass is 16.5. The van der Waals surface area contributed by atoms with Gasteiger partial charge in [-0.2, -0.15) is 4.98 Å². The number of ether oxygens (including phenoxy) is 1. The first-order valence-corrected chi connectivity index (χ1v) is 6.99. The van der Waals surface area contributed by atoms with E-state index in [0.29, 0.717) is 0 Å².